The fourth-order valence-corrected chi connectivity index (χ4v) is 5.06. The molecule has 0 aromatic heterocycles. The summed E-state index contributed by atoms with van der Waals surface area (Å²) in [6.07, 6.45) is 0.845. The minimum atomic E-state index is -3.43. The van der Waals surface area contributed by atoms with Crippen molar-refractivity contribution in [3.63, 3.8) is 0 Å². The molecule has 2 heterocycles. The Morgan fingerprint density at radius 1 is 1.25 bits per heavy atom. The van der Waals surface area contributed by atoms with E-state index in [9.17, 15) is 18.3 Å². The lowest BCUT2D eigenvalue weighted by Crippen LogP contribution is -2.73. The topological polar surface area (TPSA) is 77.9 Å². The van der Waals surface area contributed by atoms with Crippen LogP contribution >= 0.6 is 0 Å². The molecule has 1 amide bonds. The van der Waals surface area contributed by atoms with Gasteiger partial charge >= 0.3 is 0 Å². The van der Waals surface area contributed by atoms with Crippen LogP contribution in [0.5, 0.6) is 0 Å². The van der Waals surface area contributed by atoms with E-state index in [0.29, 0.717) is 5.92 Å². The van der Waals surface area contributed by atoms with Gasteiger partial charge in [-0.15, -0.1) is 0 Å². The Bertz CT molecular complexity index is 883. The molecule has 3 rings (SSSR count). The molecule has 0 unspecified atom stereocenters. The lowest BCUT2D eigenvalue weighted by Gasteiger charge is -2.58. The van der Waals surface area contributed by atoms with Crippen molar-refractivity contribution in [2.24, 2.45) is 5.92 Å². The van der Waals surface area contributed by atoms with E-state index in [1.54, 1.807) is 11.8 Å². The second-order valence-corrected chi connectivity index (χ2v) is 10.1. The number of amides is 1. The Balaban J connectivity index is 1.80. The standard InChI is InChI=1S/C21H28N2O4S/c1-4-28(26,27)22-12-18-21(19(14-24)23(18)20(25)13-22)17-10-8-16(9-11-17)7-5-6-15(2)3/h8-11,15,18-19,21,24H,4,6,12-14H2,1-3H3/t18-,19-,21+/m0/s1. The molecule has 3 atom stereocenters. The number of nitrogens with zero attached hydrogens (tertiary/aromatic N) is 2. The van der Waals surface area contributed by atoms with Gasteiger partial charge in [0.2, 0.25) is 15.9 Å². The molecule has 2 saturated heterocycles. The van der Waals surface area contributed by atoms with Crippen LogP contribution < -0.4 is 0 Å². The van der Waals surface area contributed by atoms with E-state index in [1.807, 2.05) is 24.3 Å². The molecule has 0 radical (unpaired) electrons. The van der Waals surface area contributed by atoms with Crippen LogP contribution in [0.4, 0.5) is 0 Å². The maximum absolute atomic E-state index is 12.5. The highest BCUT2D eigenvalue weighted by Gasteiger charge is 2.55. The molecule has 0 spiro atoms. The Hall–Kier alpha value is -1.88. The van der Waals surface area contributed by atoms with E-state index >= 15 is 0 Å². The van der Waals surface area contributed by atoms with Gasteiger partial charge in [-0.25, -0.2) is 8.42 Å². The molecule has 28 heavy (non-hydrogen) atoms. The molecule has 2 aliphatic rings. The van der Waals surface area contributed by atoms with Gasteiger partial charge in [0.25, 0.3) is 0 Å². The predicted octanol–water partition coefficient (Wildman–Crippen LogP) is 1.40. The van der Waals surface area contributed by atoms with Crippen molar-refractivity contribution in [1.82, 2.24) is 9.21 Å². The van der Waals surface area contributed by atoms with E-state index in [4.69, 9.17) is 0 Å². The van der Waals surface area contributed by atoms with Gasteiger partial charge in [0, 0.05) is 24.4 Å². The summed E-state index contributed by atoms with van der Waals surface area (Å²) in [4.78, 5) is 14.1. The SMILES string of the molecule is CCS(=O)(=O)N1CC(=O)N2[C@@H](CO)[C@H](c3ccc(C#CCC(C)C)cc3)[C@@H]2C1. The molecule has 6 nitrogen and oxygen atoms in total. The number of benzene rings is 1. The highest BCUT2D eigenvalue weighted by molar-refractivity contribution is 7.89. The first kappa shape index (κ1) is 20.8. The average Bonchev–Trinajstić information content (AvgIpc) is 2.64. The normalized spacial score (nSPS) is 25.1. The van der Waals surface area contributed by atoms with E-state index in [1.165, 1.54) is 4.31 Å². The van der Waals surface area contributed by atoms with Gasteiger partial charge in [0.1, 0.15) is 0 Å². The van der Waals surface area contributed by atoms with Crippen LogP contribution in [0.15, 0.2) is 24.3 Å². The van der Waals surface area contributed by atoms with Crippen LogP contribution in [0.3, 0.4) is 0 Å². The number of aliphatic hydroxyl groups excluding tert-OH is 1. The minimum absolute atomic E-state index is 0.0230. The third-order valence-corrected chi connectivity index (χ3v) is 7.31. The summed E-state index contributed by atoms with van der Waals surface area (Å²) in [5, 5.41) is 9.82. The molecule has 7 heteroatoms. The summed E-state index contributed by atoms with van der Waals surface area (Å²) in [5.41, 5.74) is 1.93. The Morgan fingerprint density at radius 2 is 1.93 bits per heavy atom. The Labute approximate surface area is 167 Å². The fraction of sp³-hybridized carbons (Fsp3) is 0.571. The molecular weight excluding hydrogens is 376 g/mol. The molecule has 1 aromatic rings. The maximum Gasteiger partial charge on any atom is 0.238 e. The number of sulfonamides is 1. The number of hydrogen-bond donors (Lipinski definition) is 1. The summed E-state index contributed by atoms with van der Waals surface area (Å²) in [5.74, 6) is 6.50. The Kier molecular flexibility index (Phi) is 6.13. The molecule has 0 saturated carbocycles. The smallest absolute Gasteiger partial charge is 0.238 e. The van der Waals surface area contributed by atoms with Gasteiger partial charge in [-0.3, -0.25) is 4.79 Å². The fourth-order valence-electron chi connectivity index (χ4n) is 4.01. The average molecular weight is 405 g/mol. The first-order valence-electron chi connectivity index (χ1n) is 9.77. The maximum atomic E-state index is 12.5. The zero-order valence-electron chi connectivity index (χ0n) is 16.6. The molecule has 152 valence electrons. The molecule has 1 aromatic carbocycles. The van der Waals surface area contributed by atoms with Gasteiger partial charge in [-0.05, 0) is 30.5 Å². The predicted molar refractivity (Wildman–Crippen MR) is 108 cm³/mol. The molecule has 2 aliphatic heterocycles. The number of carbonyl (C=O) groups is 1. The second kappa shape index (κ2) is 8.24. The highest BCUT2D eigenvalue weighted by atomic mass is 32.2. The largest absolute Gasteiger partial charge is 0.394 e. The van der Waals surface area contributed by atoms with Crippen molar-refractivity contribution in [2.45, 2.75) is 45.2 Å². The monoisotopic (exact) mass is 404 g/mol. The number of hydrogen-bond acceptors (Lipinski definition) is 4. The summed E-state index contributed by atoms with van der Waals surface area (Å²) in [6, 6.07) is 7.30. The van der Waals surface area contributed by atoms with E-state index < -0.39 is 10.0 Å². The highest BCUT2D eigenvalue weighted by Crippen LogP contribution is 2.43. The third-order valence-electron chi connectivity index (χ3n) is 5.52. The number of carbonyl (C=O) groups excluding carboxylic acids is 1. The second-order valence-electron chi connectivity index (χ2n) is 7.86. The third kappa shape index (κ3) is 3.95. The van der Waals surface area contributed by atoms with E-state index in [-0.39, 0.29) is 49.4 Å². The quantitative estimate of drug-likeness (QED) is 0.753. The summed E-state index contributed by atoms with van der Waals surface area (Å²) < 4.78 is 25.8. The summed E-state index contributed by atoms with van der Waals surface area (Å²) >= 11 is 0. The molecule has 1 N–H and O–H groups in total. The number of piperazine rings is 1. The summed E-state index contributed by atoms with van der Waals surface area (Å²) in [7, 11) is -3.43. The first-order chi connectivity index (χ1) is 13.3. The van der Waals surface area contributed by atoms with Gasteiger partial charge in [-0.2, -0.15) is 4.31 Å². The molecule has 2 fully saturated rings. The van der Waals surface area contributed by atoms with Crippen molar-refractivity contribution in [2.75, 3.05) is 25.4 Å². The molecule has 0 aliphatic carbocycles. The number of fused-ring (bicyclic) bond motifs is 1. The number of rotatable bonds is 5. The van der Waals surface area contributed by atoms with Crippen molar-refractivity contribution >= 4 is 15.9 Å². The van der Waals surface area contributed by atoms with Crippen LogP contribution in [0.1, 0.15) is 44.2 Å². The van der Waals surface area contributed by atoms with Crippen LogP contribution in [-0.4, -0.2) is 66.2 Å². The van der Waals surface area contributed by atoms with Crippen molar-refractivity contribution in [1.29, 1.82) is 0 Å². The molecule has 0 bridgehead atoms. The zero-order chi connectivity index (χ0) is 20.5. The van der Waals surface area contributed by atoms with Crippen LogP contribution in [0.25, 0.3) is 0 Å². The van der Waals surface area contributed by atoms with Crippen LogP contribution in [0.2, 0.25) is 0 Å². The van der Waals surface area contributed by atoms with E-state index in [0.717, 1.165) is 17.5 Å². The first-order valence-corrected chi connectivity index (χ1v) is 11.4. The van der Waals surface area contributed by atoms with Crippen molar-refractivity contribution in [3.8, 4) is 11.8 Å². The van der Waals surface area contributed by atoms with Gasteiger partial charge < -0.3 is 10.0 Å². The Morgan fingerprint density at radius 3 is 2.50 bits per heavy atom. The lowest BCUT2D eigenvalue weighted by molar-refractivity contribution is -0.158. The lowest BCUT2D eigenvalue weighted by atomic mass is 9.74. The van der Waals surface area contributed by atoms with Gasteiger partial charge in [0.05, 0.1) is 31.0 Å². The van der Waals surface area contributed by atoms with Crippen molar-refractivity contribution in [3.05, 3.63) is 35.4 Å². The van der Waals surface area contributed by atoms with Crippen molar-refractivity contribution < 1.29 is 18.3 Å². The van der Waals surface area contributed by atoms with Crippen LogP contribution in [0, 0.1) is 17.8 Å². The summed E-state index contributed by atoms with van der Waals surface area (Å²) in [6.45, 7) is 5.84. The zero-order valence-corrected chi connectivity index (χ0v) is 17.4. The number of aliphatic hydroxyl groups is 1. The van der Waals surface area contributed by atoms with Gasteiger partial charge in [-0.1, -0.05) is 37.8 Å². The molecular formula is C21H28N2O4S. The van der Waals surface area contributed by atoms with Gasteiger partial charge in [0.15, 0.2) is 0 Å². The van der Waals surface area contributed by atoms with Crippen LogP contribution in [-0.2, 0) is 14.8 Å². The van der Waals surface area contributed by atoms with E-state index in [2.05, 4.69) is 25.7 Å². The minimum Gasteiger partial charge on any atom is -0.394 e.